The average molecular weight is 292 g/mol. The Kier molecular flexibility index (Phi) is 2.40. The summed E-state index contributed by atoms with van der Waals surface area (Å²) in [5.74, 6) is 0.157. The van der Waals surface area contributed by atoms with Gasteiger partial charge in [0.15, 0.2) is 5.65 Å². The van der Waals surface area contributed by atoms with Gasteiger partial charge in [-0.3, -0.25) is 0 Å². The number of rotatable bonds is 1. The Morgan fingerprint density at radius 1 is 1.18 bits per heavy atom. The maximum Gasteiger partial charge on any atom is 0.178 e. The van der Waals surface area contributed by atoms with Crippen molar-refractivity contribution in [2.75, 3.05) is 0 Å². The van der Waals surface area contributed by atoms with E-state index in [2.05, 4.69) is 30.9 Å². The fourth-order valence-corrected chi connectivity index (χ4v) is 2.03. The number of imidazole rings is 1. The van der Waals surface area contributed by atoms with Crippen LogP contribution in [0, 0.1) is 5.82 Å². The van der Waals surface area contributed by atoms with Crippen molar-refractivity contribution in [2.45, 2.75) is 0 Å². The second-order valence-corrected chi connectivity index (χ2v) is 4.42. The Balaban J connectivity index is 2.24. The topological polar surface area (TPSA) is 41.6 Å². The van der Waals surface area contributed by atoms with Crippen LogP contribution >= 0.6 is 15.9 Å². The van der Waals surface area contributed by atoms with Gasteiger partial charge < -0.3 is 4.98 Å². The number of hydrogen-bond donors (Lipinski definition) is 1. The van der Waals surface area contributed by atoms with E-state index in [0.29, 0.717) is 21.5 Å². The molecule has 0 saturated carbocycles. The van der Waals surface area contributed by atoms with Crippen LogP contribution in [-0.4, -0.2) is 15.0 Å². The van der Waals surface area contributed by atoms with E-state index in [1.807, 2.05) is 12.1 Å². The average Bonchev–Trinajstić information content (AvgIpc) is 2.76. The lowest BCUT2D eigenvalue weighted by atomic mass is 10.2. The van der Waals surface area contributed by atoms with Gasteiger partial charge in [-0.25, -0.2) is 14.4 Å². The van der Waals surface area contributed by atoms with E-state index in [1.165, 1.54) is 0 Å². The van der Waals surface area contributed by atoms with E-state index < -0.39 is 0 Å². The zero-order valence-corrected chi connectivity index (χ0v) is 10.2. The molecule has 3 rings (SSSR count). The van der Waals surface area contributed by atoms with Gasteiger partial charge in [-0.2, -0.15) is 0 Å². The molecule has 3 aromatic rings. The van der Waals surface area contributed by atoms with E-state index in [1.54, 1.807) is 24.4 Å². The molecule has 0 aliphatic carbocycles. The highest BCUT2D eigenvalue weighted by atomic mass is 79.9. The fourth-order valence-electron chi connectivity index (χ4n) is 1.66. The summed E-state index contributed by atoms with van der Waals surface area (Å²) >= 11 is 3.15. The maximum atomic E-state index is 13.9. The van der Waals surface area contributed by atoms with Gasteiger partial charge in [-0.1, -0.05) is 6.07 Å². The third-order valence-corrected chi connectivity index (χ3v) is 3.08. The van der Waals surface area contributed by atoms with Gasteiger partial charge in [0.25, 0.3) is 0 Å². The zero-order chi connectivity index (χ0) is 11.8. The first-order valence-electron chi connectivity index (χ1n) is 5.01. The third-order valence-electron chi connectivity index (χ3n) is 2.46. The van der Waals surface area contributed by atoms with Crippen molar-refractivity contribution in [3.63, 3.8) is 0 Å². The summed E-state index contributed by atoms with van der Waals surface area (Å²) in [7, 11) is 0. The summed E-state index contributed by atoms with van der Waals surface area (Å²) in [6, 6.07) is 8.76. The van der Waals surface area contributed by atoms with Crippen LogP contribution in [-0.2, 0) is 0 Å². The highest BCUT2D eigenvalue weighted by Gasteiger charge is 2.12. The fraction of sp³-hybridized carbons (Fsp3) is 0. The molecule has 3 nitrogen and oxygen atoms in total. The van der Waals surface area contributed by atoms with Crippen molar-refractivity contribution in [1.82, 2.24) is 15.0 Å². The Morgan fingerprint density at radius 2 is 2.06 bits per heavy atom. The Labute approximate surface area is 105 Å². The Bertz CT molecular complexity index is 660. The minimum Gasteiger partial charge on any atom is -0.336 e. The Morgan fingerprint density at radius 3 is 2.88 bits per heavy atom. The molecule has 0 atom stereocenters. The molecule has 1 aromatic carbocycles. The van der Waals surface area contributed by atoms with Crippen molar-refractivity contribution in [1.29, 1.82) is 0 Å². The second kappa shape index (κ2) is 3.92. The van der Waals surface area contributed by atoms with Crippen LogP contribution in [0.25, 0.3) is 22.6 Å². The number of aromatic amines is 1. The molecule has 0 fully saturated rings. The number of aromatic nitrogens is 3. The van der Waals surface area contributed by atoms with Crippen LogP contribution in [0.5, 0.6) is 0 Å². The van der Waals surface area contributed by atoms with E-state index in [-0.39, 0.29) is 5.82 Å². The normalized spacial score (nSPS) is 10.9. The molecule has 0 radical (unpaired) electrons. The molecule has 0 saturated heterocycles. The number of nitrogens with one attached hydrogen (secondary N) is 1. The SMILES string of the molecule is Fc1c(Br)cccc1-c1nc2ncccc2[nH]1. The standard InChI is InChI=1S/C12H7BrFN3/c13-8-4-1-3-7(10(8)14)11-16-9-5-2-6-15-12(9)17-11/h1-6H,(H,15,16,17). The zero-order valence-electron chi connectivity index (χ0n) is 8.61. The first-order chi connectivity index (χ1) is 8.25. The predicted octanol–water partition coefficient (Wildman–Crippen LogP) is 3.53. The van der Waals surface area contributed by atoms with Crippen molar-refractivity contribution >= 4 is 27.1 Å². The first kappa shape index (κ1) is 10.4. The van der Waals surface area contributed by atoms with Crippen molar-refractivity contribution in [3.05, 3.63) is 46.8 Å². The molecule has 5 heteroatoms. The van der Waals surface area contributed by atoms with E-state index >= 15 is 0 Å². The molecule has 84 valence electrons. The van der Waals surface area contributed by atoms with Crippen LogP contribution in [0.15, 0.2) is 41.0 Å². The van der Waals surface area contributed by atoms with Crippen LogP contribution < -0.4 is 0 Å². The molecule has 0 aliphatic rings. The molecule has 0 aliphatic heterocycles. The summed E-state index contributed by atoms with van der Waals surface area (Å²) in [6.07, 6.45) is 1.66. The van der Waals surface area contributed by atoms with Crippen LogP contribution in [0.2, 0.25) is 0 Å². The predicted molar refractivity (Wildman–Crippen MR) is 67.0 cm³/mol. The van der Waals surface area contributed by atoms with Gasteiger partial charge in [0.2, 0.25) is 0 Å². The van der Waals surface area contributed by atoms with Crippen LogP contribution in [0.3, 0.4) is 0 Å². The van der Waals surface area contributed by atoms with Crippen molar-refractivity contribution in [3.8, 4) is 11.4 Å². The first-order valence-corrected chi connectivity index (χ1v) is 5.80. The minimum absolute atomic E-state index is 0.327. The van der Waals surface area contributed by atoms with Gasteiger partial charge in [-0.05, 0) is 40.2 Å². The molecule has 0 unspecified atom stereocenters. The van der Waals surface area contributed by atoms with Gasteiger partial charge in [0.1, 0.15) is 11.6 Å². The highest BCUT2D eigenvalue weighted by molar-refractivity contribution is 9.10. The smallest absolute Gasteiger partial charge is 0.178 e. The number of nitrogens with zero attached hydrogens (tertiary/aromatic N) is 2. The third kappa shape index (κ3) is 1.72. The summed E-state index contributed by atoms with van der Waals surface area (Å²) in [6.45, 7) is 0. The highest BCUT2D eigenvalue weighted by Crippen LogP contribution is 2.26. The maximum absolute atomic E-state index is 13.9. The largest absolute Gasteiger partial charge is 0.336 e. The number of H-pyrrole nitrogens is 1. The van der Waals surface area contributed by atoms with Crippen molar-refractivity contribution in [2.24, 2.45) is 0 Å². The van der Waals surface area contributed by atoms with Gasteiger partial charge in [0, 0.05) is 6.20 Å². The van der Waals surface area contributed by atoms with E-state index in [0.717, 1.165) is 5.52 Å². The van der Waals surface area contributed by atoms with Gasteiger partial charge in [0.05, 0.1) is 15.6 Å². The Hall–Kier alpha value is -1.75. The molecular formula is C12H7BrFN3. The number of pyridine rings is 1. The molecule has 17 heavy (non-hydrogen) atoms. The lowest BCUT2D eigenvalue weighted by Crippen LogP contribution is -1.87. The molecular weight excluding hydrogens is 285 g/mol. The summed E-state index contributed by atoms with van der Waals surface area (Å²) < 4.78 is 14.3. The molecule has 0 bridgehead atoms. The molecule has 2 heterocycles. The number of fused-ring (bicyclic) bond motifs is 1. The number of benzene rings is 1. The van der Waals surface area contributed by atoms with Gasteiger partial charge in [-0.15, -0.1) is 0 Å². The quantitative estimate of drug-likeness (QED) is 0.745. The van der Waals surface area contributed by atoms with E-state index in [4.69, 9.17) is 0 Å². The monoisotopic (exact) mass is 291 g/mol. The van der Waals surface area contributed by atoms with E-state index in [9.17, 15) is 4.39 Å². The molecule has 0 amide bonds. The minimum atomic E-state index is -0.327. The van der Waals surface area contributed by atoms with Crippen molar-refractivity contribution < 1.29 is 4.39 Å². The number of hydrogen-bond acceptors (Lipinski definition) is 2. The summed E-state index contributed by atoms with van der Waals surface area (Å²) in [4.78, 5) is 11.4. The lowest BCUT2D eigenvalue weighted by molar-refractivity contribution is 0.623. The van der Waals surface area contributed by atoms with Crippen LogP contribution in [0.1, 0.15) is 0 Å². The lowest BCUT2D eigenvalue weighted by Gasteiger charge is -2.00. The second-order valence-electron chi connectivity index (χ2n) is 3.56. The molecule has 0 spiro atoms. The van der Waals surface area contributed by atoms with Gasteiger partial charge >= 0.3 is 0 Å². The van der Waals surface area contributed by atoms with Crippen LogP contribution in [0.4, 0.5) is 4.39 Å². The molecule has 2 aromatic heterocycles. The number of halogens is 2. The summed E-state index contributed by atoms with van der Waals surface area (Å²) in [5.41, 5.74) is 1.81. The molecule has 1 N–H and O–H groups in total. The summed E-state index contributed by atoms with van der Waals surface area (Å²) in [5, 5.41) is 0.